The van der Waals surface area contributed by atoms with Crippen LogP contribution in [0, 0.1) is 0 Å². The summed E-state index contributed by atoms with van der Waals surface area (Å²) in [6.45, 7) is 8.60. The first kappa shape index (κ1) is 30.8. The zero-order chi connectivity index (χ0) is 29.9. The summed E-state index contributed by atoms with van der Waals surface area (Å²) >= 11 is 0. The number of primary amides is 1. The van der Waals surface area contributed by atoms with Crippen LogP contribution in [0.4, 0.5) is 4.79 Å². The van der Waals surface area contributed by atoms with Gasteiger partial charge in [0.05, 0.1) is 48.5 Å². The molecule has 12 nitrogen and oxygen atoms in total. The minimum Gasteiger partial charge on any atom is -0.478 e. The molecule has 1 aromatic heterocycles. The van der Waals surface area contributed by atoms with E-state index in [1.165, 1.54) is 12.5 Å². The summed E-state index contributed by atoms with van der Waals surface area (Å²) in [5, 5.41) is 9.34. The van der Waals surface area contributed by atoms with Crippen molar-refractivity contribution in [2.24, 2.45) is 5.73 Å². The number of aromatic nitrogens is 2. The molecule has 2 amide bonds. The maximum Gasteiger partial charge on any atom is 0.338 e. The lowest BCUT2D eigenvalue weighted by Gasteiger charge is -2.26. The predicted molar refractivity (Wildman–Crippen MR) is 156 cm³/mol. The lowest BCUT2D eigenvalue weighted by atomic mass is 10.1. The van der Waals surface area contributed by atoms with Gasteiger partial charge in [0.25, 0.3) is 6.01 Å². The Bertz CT molecular complexity index is 1350. The largest absolute Gasteiger partial charge is 0.478 e. The number of urea groups is 1. The molecule has 5 rings (SSSR count). The van der Waals surface area contributed by atoms with Gasteiger partial charge < -0.3 is 30.0 Å². The number of fused-ring (bicyclic) bond motifs is 1. The van der Waals surface area contributed by atoms with Crippen molar-refractivity contribution in [2.75, 3.05) is 59.2 Å². The van der Waals surface area contributed by atoms with Crippen molar-refractivity contribution in [3.8, 4) is 6.01 Å². The SMILES string of the molecule is CCOc1nc2ccc(C(=O)O)cc2n1Cc1ccc(C(=O)OCCN2CCOCC2)cc1.NC(=O)N1CCCCC1. The second kappa shape index (κ2) is 15.2. The third-order valence-corrected chi connectivity index (χ3v) is 7.18. The molecule has 0 unspecified atom stereocenters. The maximum absolute atomic E-state index is 12.4. The lowest BCUT2D eigenvalue weighted by molar-refractivity contribution is 0.0195. The lowest BCUT2D eigenvalue weighted by Crippen LogP contribution is -2.39. The van der Waals surface area contributed by atoms with Crippen molar-refractivity contribution in [2.45, 2.75) is 32.7 Å². The molecular weight excluding hydrogens is 542 g/mol. The predicted octanol–water partition coefficient (Wildman–Crippen LogP) is 3.22. The number of nitrogens with two attached hydrogens (primary N) is 1. The van der Waals surface area contributed by atoms with Crippen LogP contribution >= 0.6 is 0 Å². The minimum atomic E-state index is -1.00. The van der Waals surface area contributed by atoms with Crippen molar-refractivity contribution in [1.82, 2.24) is 19.4 Å². The van der Waals surface area contributed by atoms with Crippen LogP contribution < -0.4 is 10.5 Å². The van der Waals surface area contributed by atoms with Gasteiger partial charge in [-0.05, 0) is 62.1 Å². The van der Waals surface area contributed by atoms with Gasteiger partial charge in [-0.2, -0.15) is 4.98 Å². The Morgan fingerprint density at radius 1 is 0.976 bits per heavy atom. The van der Waals surface area contributed by atoms with E-state index >= 15 is 0 Å². The summed E-state index contributed by atoms with van der Waals surface area (Å²) < 4.78 is 18.2. The number of carbonyl (C=O) groups is 3. The highest BCUT2D eigenvalue weighted by atomic mass is 16.5. The number of piperidine rings is 1. The fraction of sp³-hybridized carbons (Fsp3) is 0.467. The van der Waals surface area contributed by atoms with Crippen LogP contribution in [0.1, 0.15) is 52.5 Å². The standard InChI is InChI=1S/C24H27N3O6.C6H12N2O/c1-2-32-24-25-20-8-7-19(22(28)29)15-21(20)27(24)16-17-3-5-18(6-4-17)23(30)33-14-11-26-9-12-31-13-10-26;7-6(9)8-4-2-1-3-5-8/h3-8,15H,2,9-14,16H2,1H3,(H,28,29);1-5H2,(H2,7,9). The van der Waals surface area contributed by atoms with Crippen LogP contribution in [0.2, 0.25) is 0 Å². The highest BCUT2D eigenvalue weighted by Crippen LogP contribution is 2.24. The molecule has 0 atom stereocenters. The molecular formula is C30H39N5O7. The molecule has 0 radical (unpaired) electrons. The number of nitrogens with zero attached hydrogens (tertiary/aromatic N) is 4. The zero-order valence-corrected chi connectivity index (χ0v) is 24.0. The number of carbonyl (C=O) groups excluding carboxylic acids is 2. The van der Waals surface area contributed by atoms with Crippen LogP contribution in [0.15, 0.2) is 42.5 Å². The summed E-state index contributed by atoms with van der Waals surface area (Å²) in [4.78, 5) is 42.7. The number of ether oxygens (including phenoxy) is 3. The second-order valence-electron chi connectivity index (χ2n) is 10.1. The van der Waals surface area contributed by atoms with Crippen molar-refractivity contribution in [1.29, 1.82) is 0 Å². The number of imidazole rings is 1. The highest BCUT2D eigenvalue weighted by molar-refractivity contribution is 5.92. The molecule has 2 saturated heterocycles. The average molecular weight is 582 g/mol. The quantitative estimate of drug-likeness (QED) is 0.363. The van der Waals surface area contributed by atoms with E-state index in [4.69, 9.17) is 19.9 Å². The number of benzene rings is 2. The molecule has 0 spiro atoms. The Balaban J connectivity index is 0.000000385. The number of aromatic carboxylic acids is 1. The number of carboxylic acid groups (broad SMARTS) is 1. The maximum atomic E-state index is 12.4. The number of carboxylic acids is 1. The summed E-state index contributed by atoms with van der Waals surface area (Å²) in [6.07, 6.45) is 3.47. The van der Waals surface area contributed by atoms with Crippen LogP contribution in [0.25, 0.3) is 11.0 Å². The number of amides is 2. The molecule has 0 saturated carbocycles. The average Bonchev–Trinajstić information content (AvgIpc) is 3.34. The molecule has 2 aromatic carbocycles. The Morgan fingerprint density at radius 2 is 1.67 bits per heavy atom. The van der Waals surface area contributed by atoms with Crippen molar-refractivity contribution in [3.63, 3.8) is 0 Å². The van der Waals surface area contributed by atoms with Crippen molar-refractivity contribution in [3.05, 3.63) is 59.2 Å². The zero-order valence-electron chi connectivity index (χ0n) is 24.0. The van der Waals surface area contributed by atoms with Gasteiger partial charge in [-0.15, -0.1) is 0 Å². The van der Waals surface area contributed by atoms with Gasteiger partial charge in [0, 0.05) is 32.7 Å². The molecule has 42 heavy (non-hydrogen) atoms. The molecule has 12 heteroatoms. The van der Waals surface area contributed by atoms with Gasteiger partial charge in [-0.3, -0.25) is 9.47 Å². The molecule has 2 aliphatic heterocycles. The van der Waals surface area contributed by atoms with E-state index in [0.29, 0.717) is 62.1 Å². The van der Waals surface area contributed by atoms with E-state index in [1.54, 1.807) is 29.2 Å². The number of rotatable bonds is 9. The fourth-order valence-corrected chi connectivity index (χ4v) is 4.84. The summed E-state index contributed by atoms with van der Waals surface area (Å²) in [5.41, 5.74) is 7.96. The van der Waals surface area contributed by atoms with Crippen LogP contribution in [-0.4, -0.2) is 102 Å². The molecule has 0 bridgehead atoms. The van der Waals surface area contributed by atoms with Crippen LogP contribution in [0.3, 0.4) is 0 Å². The summed E-state index contributed by atoms with van der Waals surface area (Å²) in [5.74, 6) is -1.36. The molecule has 226 valence electrons. The van der Waals surface area contributed by atoms with E-state index in [0.717, 1.165) is 44.6 Å². The van der Waals surface area contributed by atoms with Crippen LogP contribution in [-0.2, 0) is 16.0 Å². The van der Waals surface area contributed by atoms with E-state index in [9.17, 15) is 19.5 Å². The van der Waals surface area contributed by atoms with E-state index in [1.807, 2.05) is 23.6 Å². The van der Waals surface area contributed by atoms with Crippen molar-refractivity contribution < 1.29 is 33.7 Å². The monoisotopic (exact) mass is 581 g/mol. The molecule has 3 aromatic rings. The Labute approximate surface area is 244 Å². The van der Waals surface area contributed by atoms with Gasteiger partial charge in [0.15, 0.2) is 0 Å². The number of esters is 1. The summed E-state index contributed by atoms with van der Waals surface area (Å²) in [7, 11) is 0. The number of likely N-dealkylation sites (tertiary alicyclic amines) is 1. The van der Waals surface area contributed by atoms with Crippen molar-refractivity contribution >= 4 is 29.0 Å². The first-order valence-electron chi connectivity index (χ1n) is 14.3. The molecule has 2 aliphatic rings. The Hall–Kier alpha value is -4.16. The molecule has 3 heterocycles. The molecule has 0 aliphatic carbocycles. The van der Waals surface area contributed by atoms with Gasteiger partial charge in [0.1, 0.15) is 6.61 Å². The van der Waals surface area contributed by atoms with Crippen LogP contribution in [0.5, 0.6) is 6.01 Å². The fourth-order valence-electron chi connectivity index (χ4n) is 4.84. The van der Waals surface area contributed by atoms with Gasteiger partial charge in [0.2, 0.25) is 0 Å². The highest BCUT2D eigenvalue weighted by Gasteiger charge is 2.16. The third-order valence-electron chi connectivity index (χ3n) is 7.18. The van der Waals surface area contributed by atoms with E-state index in [2.05, 4.69) is 9.88 Å². The molecule has 3 N–H and O–H groups in total. The van der Waals surface area contributed by atoms with Gasteiger partial charge >= 0.3 is 18.0 Å². The molecule has 2 fully saturated rings. The minimum absolute atomic E-state index is 0.182. The number of hydrogen-bond donors (Lipinski definition) is 2. The Morgan fingerprint density at radius 3 is 2.29 bits per heavy atom. The smallest absolute Gasteiger partial charge is 0.338 e. The topological polar surface area (TPSA) is 149 Å². The Kier molecular flexibility index (Phi) is 11.1. The second-order valence-corrected chi connectivity index (χ2v) is 10.1. The van der Waals surface area contributed by atoms with E-state index < -0.39 is 5.97 Å². The van der Waals surface area contributed by atoms with Gasteiger partial charge in [-0.25, -0.2) is 14.4 Å². The number of morpholine rings is 1. The first-order valence-corrected chi connectivity index (χ1v) is 14.3. The normalized spacial score (nSPS) is 15.5. The third kappa shape index (κ3) is 8.43. The summed E-state index contributed by atoms with van der Waals surface area (Å²) in [6, 6.07) is 12.1. The van der Waals surface area contributed by atoms with Gasteiger partial charge in [-0.1, -0.05) is 12.1 Å². The number of hydrogen-bond acceptors (Lipinski definition) is 8. The first-order chi connectivity index (χ1) is 20.4. The van der Waals surface area contributed by atoms with E-state index in [-0.39, 0.29) is 17.6 Å².